The molecule has 0 spiro atoms. The average molecular weight is 343 g/mol. The number of nitrogens with one attached hydrogen (secondary N) is 2. The van der Waals surface area contributed by atoms with E-state index in [-0.39, 0.29) is 5.91 Å². The van der Waals surface area contributed by atoms with Gasteiger partial charge in [-0.15, -0.1) is 0 Å². The molecule has 2 rings (SSSR count). The minimum absolute atomic E-state index is 0.101. The number of hydrogen-bond acceptors (Lipinski definition) is 6. The van der Waals surface area contributed by atoms with Gasteiger partial charge in [0.15, 0.2) is 0 Å². The van der Waals surface area contributed by atoms with Gasteiger partial charge in [-0.25, -0.2) is 4.98 Å². The molecule has 2 aromatic rings. The predicted octanol–water partition coefficient (Wildman–Crippen LogP) is 2.78. The van der Waals surface area contributed by atoms with Crippen LogP contribution < -0.4 is 21.1 Å². The number of rotatable bonds is 8. The van der Waals surface area contributed by atoms with Crippen LogP contribution in [0, 0.1) is 0 Å². The number of anilines is 3. The maximum atomic E-state index is 12.1. The van der Waals surface area contributed by atoms with Crippen molar-refractivity contribution in [2.45, 2.75) is 13.8 Å². The molecule has 134 valence electrons. The molecule has 1 aromatic heterocycles. The molecule has 0 bridgehead atoms. The van der Waals surface area contributed by atoms with Crippen molar-refractivity contribution in [2.75, 3.05) is 43.0 Å². The van der Waals surface area contributed by atoms with Crippen molar-refractivity contribution >= 4 is 23.1 Å². The summed E-state index contributed by atoms with van der Waals surface area (Å²) < 4.78 is 5.79. The molecule has 0 unspecified atom stereocenters. The molecular formula is C18H25N5O2. The largest absolute Gasteiger partial charge is 0.457 e. The highest BCUT2D eigenvalue weighted by atomic mass is 16.5. The van der Waals surface area contributed by atoms with Crippen molar-refractivity contribution in [1.29, 1.82) is 0 Å². The maximum Gasteiger partial charge on any atom is 0.239 e. The first-order valence-electron chi connectivity index (χ1n) is 8.29. The lowest BCUT2D eigenvalue weighted by Gasteiger charge is -2.17. The maximum absolute atomic E-state index is 12.1. The number of nitrogen functional groups attached to an aromatic ring is 1. The third kappa shape index (κ3) is 5.36. The molecule has 0 aliphatic rings. The van der Waals surface area contributed by atoms with Gasteiger partial charge in [0.2, 0.25) is 5.91 Å². The quantitative estimate of drug-likeness (QED) is 0.638. The van der Waals surface area contributed by atoms with Crippen LogP contribution in [0.3, 0.4) is 0 Å². The van der Waals surface area contributed by atoms with Gasteiger partial charge < -0.3 is 21.1 Å². The molecule has 0 atom stereocenters. The van der Waals surface area contributed by atoms with E-state index in [0.29, 0.717) is 29.5 Å². The molecule has 1 aromatic carbocycles. The number of likely N-dealkylation sites (N-methyl/N-ethyl adjacent to an activating group) is 1. The number of ether oxygens (including phenoxy) is 1. The fraction of sp³-hybridized carbons (Fsp3) is 0.333. The number of nitrogens with zero attached hydrogens (tertiary/aromatic N) is 2. The van der Waals surface area contributed by atoms with E-state index >= 15 is 0 Å². The molecule has 0 radical (unpaired) electrons. The van der Waals surface area contributed by atoms with Crippen molar-refractivity contribution in [1.82, 2.24) is 9.88 Å². The molecule has 25 heavy (non-hydrogen) atoms. The highest BCUT2D eigenvalue weighted by Crippen LogP contribution is 2.28. The summed E-state index contributed by atoms with van der Waals surface area (Å²) in [4.78, 5) is 18.3. The van der Waals surface area contributed by atoms with Crippen LogP contribution in [-0.4, -0.2) is 42.5 Å². The van der Waals surface area contributed by atoms with Crippen LogP contribution in [0.5, 0.6) is 11.5 Å². The Hall–Kier alpha value is -2.80. The monoisotopic (exact) mass is 343 g/mol. The van der Waals surface area contributed by atoms with Crippen molar-refractivity contribution in [2.24, 2.45) is 0 Å². The van der Waals surface area contributed by atoms with Crippen molar-refractivity contribution < 1.29 is 9.53 Å². The van der Waals surface area contributed by atoms with E-state index in [4.69, 9.17) is 10.5 Å². The van der Waals surface area contributed by atoms with Gasteiger partial charge >= 0.3 is 0 Å². The van der Waals surface area contributed by atoms with Gasteiger partial charge in [0.1, 0.15) is 17.3 Å². The molecule has 4 N–H and O–H groups in total. The van der Waals surface area contributed by atoms with E-state index in [1.807, 2.05) is 37.9 Å². The van der Waals surface area contributed by atoms with Gasteiger partial charge in [0.25, 0.3) is 0 Å². The molecule has 7 nitrogen and oxygen atoms in total. The summed E-state index contributed by atoms with van der Waals surface area (Å²) in [6.45, 7) is 6.03. The number of aromatic nitrogens is 1. The number of benzene rings is 1. The zero-order valence-electron chi connectivity index (χ0n) is 14.9. The molecular weight excluding hydrogens is 318 g/mol. The van der Waals surface area contributed by atoms with Crippen LogP contribution in [-0.2, 0) is 4.79 Å². The van der Waals surface area contributed by atoms with Gasteiger partial charge in [-0.3, -0.25) is 9.69 Å². The summed E-state index contributed by atoms with van der Waals surface area (Å²) in [5, 5.41) is 5.79. The zero-order valence-corrected chi connectivity index (χ0v) is 14.9. The molecule has 1 amide bonds. The van der Waals surface area contributed by atoms with Crippen LogP contribution in [0.1, 0.15) is 13.8 Å². The van der Waals surface area contributed by atoms with E-state index in [0.717, 1.165) is 18.8 Å². The third-order valence-corrected chi connectivity index (χ3v) is 3.79. The van der Waals surface area contributed by atoms with Crippen LogP contribution in [0.15, 0.2) is 36.5 Å². The normalized spacial score (nSPS) is 10.6. The average Bonchev–Trinajstić information content (AvgIpc) is 2.60. The second-order valence-electron chi connectivity index (χ2n) is 5.49. The van der Waals surface area contributed by atoms with E-state index in [9.17, 15) is 4.79 Å². The van der Waals surface area contributed by atoms with E-state index in [2.05, 4.69) is 15.6 Å². The van der Waals surface area contributed by atoms with Gasteiger partial charge in [0, 0.05) is 25.4 Å². The minimum atomic E-state index is -0.101. The Morgan fingerprint density at radius 2 is 1.92 bits per heavy atom. The Morgan fingerprint density at radius 3 is 2.56 bits per heavy atom. The molecule has 0 fully saturated rings. The van der Waals surface area contributed by atoms with Gasteiger partial charge in [-0.1, -0.05) is 13.8 Å². The molecule has 7 heteroatoms. The van der Waals surface area contributed by atoms with Crippen molar-refractivity contribution in [3.8, 4) is 11.5 Å². The minimum Gasteiger partial charge on any atom is -0.457 e. The lowest BCUT2D eigenvalue weighted by molar-refractivity contribution is -0.117. The standard InChI is InChI=1S/C18H25N5O2/c1-4-23(5-2)12-18(24)22-17-11-14(8-9-21-17)25-13-6-7-16(20-3)15(19)10-13/h6-11,20H,4-5,12,19H2,1-3H3,(H,21,22,24). The summed E-state index contributed by atoms with van der Waals surface area (Å²) in [5.74, 6) is 1.54. The Bertz CT molecular complexity index is 716. The van der Waals surface area contributed by atoms with Gasteiger partial charge in [0.05, 0.1) is 17.9 Å². The van der Waals surface area contributed by atoms with Gasteiger partial charge in [-0.2, -0.15) is 0 Å². The summed E-state index contributed by atoms with van der Waals surface area (Å²) in [6, 6.07) is 8.81. The second kappa shape index (κ2) is 8.89. The number of carbonyl (C=O) groups excluding carboxylic acids is 1. The topological polar surface area (TPSA) is 92.5 Å². The van der Waals surface area contributed by atoms with Crippen molar-refractivity contribution in [3.05, 3.63) is 36.5 Å². The first-order valence-corrected chi connectivity index (χ1v) is 8.29. The SMILES string of the molecule is CCN(CC)CC(=O)Nc1cc(Oc2ccc(NC)c(N)c2)ccn1. The molecule has 0 aliphatic heterocycles. The van der Waals surface area contributed by atoms with Crippen LogP contribution in [0.25, 0.3) is 0 Å². The Kier molecular flexibility index (Phi) is 6.59. The Morgan fingerprint density at radius 1 is 1.20 bits per heavy atom. The third-order valence-electron chi connectivity index (χ3n) is 3.79. The molecule has 1 heterocycles. The first-order chi connectivity index (χ1) is 12.0. The Balaban J connectivity index is 2.03. The number of hydrogen-bond donors (Lipinski definition) is 3. The fourth-order valence-electron chi connectivity index (χ4n) is 2.34. The lowest BCUT2D eigenvalue weighted by Crippen LogP contribution is -2.33. The summed E-state index contributed by atoms with van der Waals surface area (Å²) in [5.41, 5.74) is 7.38. The first kappa shape index (κ1) is 18.5. The van der Waals surface area contributed by atoms with E-state index in [1.165, 1.54) is 0 Å². The predicted molar refractivity (Wildman–Crippen MR) is 101 cm³/mol. The van der Waals surface area contributed by atoms with E-state index < -0.39 is 0 Å². The van der Waals surface area contributed by atoms with Crippen LogP contribution in [0.4, 0.5) is 17.2 Å². The van der Waals surface area contributed by atoms with Crippen LogP contribution >= 0.6 is 0 Å². The smallest absolute Gasteiger partial charge is 0.239 e. The number of carbonyl (C=O) groups is 1. The van der Waals surface area contributed by atoms with Crippen LogP contribution in [0.2, 0.25) is 0 Å². The zero-order chi connectivity index (χ0) is 18.2. The molecule has 0 saturated carbocycles. The van der Waals surface area contributed by atoms with Crippen molar-refractivity contribution in [3.63, 3.8) is 0 Å². The summed E-state index contributed by atoms with van der Waals surface area (Å²) in [6.07, 6.45) is 1.59. The highest BCUT2D eigenvalue weighted by Gasteiger charge is 2.09. The highest BCUT2D eigenvalue weighted by molar-refractivity contribution is 5.91. The Labute approximate surface area is 148 Å². The molecule has 0 saturated heterocycles. The summed E-state index contributed by atoms with van der Waals surface area (Å²) in [7, 11) is 1.81. The second-order valence-corrected chi connectivity index (χ2v) is 5.49. The lowest BCUT2D eigenvalue weighted by atomic mass is 10.2. The summed E-state index contributed by atoms with van der Waals surface area (Å²) >= 11 is 0. The fourth-order valence-corrected chi connectivity index (χ4v) is 2.34. The number of amides is 1. The number of nitrogens with two attached hydrogens (primary N) is 1. The van der Waals surface area contributed by atoms with E-state index in [1.54, 1.807) is 24.4 Å². The molecule has 0 aliphatic carbocycles. The number of pyridine rings is 1. The van der Waals surface area contributed by atoms with Gasteiger partial charge in [-0.05, 0) is 31.3 Å².